The third-order valence-corrected chi connectivity index (χ3v) is 6.43. The summed E-state index contributed by atoms with van der Waals surface area (Å²) in [6.45, 7) is 4.46. The minimum Gasteiger partial charge on any atom is -0.478 e. The van der Waals surface area contributed by atoms with Crippen molar-refractivity contribution in [1.29, 1.82) is 0 Å². The van der Waals surface area contributed by atoms with Crippen LogP contribution in [-0.2, 0) is 28.8 Å². The molecule has 0 bridgehead atoms. The van der Waals surface area contributed by atoms with Crippen LogP contribution in [0.5, 0.6) is 0 Å². The number of morpholine rings is 1. The minimum atomic E-state index is -1.10. The molecule has 162 valence electrons. The van der Waals surface area contributed by atoms with Crippen molar-refractivity contribution in [3.05, 3.63) is 67.8 Å². The van der Waals surface area contributed by atoms with Crippen LogP contribution in [0.1, 0.15) is 28.5 Å². The summed E-state index contributed by atoms with van der Waals surface area (Å²) in [5.74, 6) is -0.596. The Balaban J connectivity index is 1.69. The van der Waals surface area contributed by atoms with E-state index in [4.69, 9.17) is 14.8 Å². The molecule has 0 aliphatic carbocycles. The van der Waals surface area contributed by atoms with E-state index in [0.717, 1.165) is 30.9 Å². The van der Waals surface area contributed by atoms with Crippen molar-refractivity contribution < 1.29 is 14.6 Å². The number of carboxylic acids is 1. The number of nitrogens with zero attached hydrogens (tertiary/aromatic N) is 3. The monoisotopic (exact) mass is 439 g/mol. The molecule has 1 aliphatic heterocycles. The molecule has 1 saturated heterocycles. The molecule has 0 unspecified atom stereocenters. The van der Waals surface area contributed by atoms with Crippen LogP contribution in [0.3, 0.4) is 0 Å². The van der Waals surface area contributed by atoms with E-state index in [0.29, 0.717) is 37.8 Å². The molecule has 31 heavy (non-hydrogen) atoms. The number of fused-ring (bicyclic) bond motifs is 1. The van der Waals surface area contributed by atoms with E-state index < -0.39 is 5.97 Å². The first-order valence-electron chi connectivity index (χ1n) is 10.4. The molecule has 7 nitrogen and oxygen atoms in total. The summed E-state index contributed by atoms with van der Waals surface area (Å²) in [4.78, 5) is 32.3. The Hall–Kier alpha value is -2.97. The van der Waals surface area contributed by atoms with Crippen molar-refractivity contribution in [3.63, 3.8) is 0 Å². The highest BCUT2D eigenvalue weighted by Gasteiger charge is 2.19. The molecule has 3 aromatic heterocycles. The first-order chi connectivity index (χ1) is 15.0. The van der Waals surface area contributed by atoms with Crippen LogP contribution in [0.2, 0.25) is 0 Å². The summed E-state index contributed by atoms with van der Waals surface area (Å²) in [5.41, 5.74) is 3.04. The van der Waals surface area contributed by atoms with Gasteiger partial charge in [-0.1, -0.05) is 6.92 Å². The van der Waals surface area contributed by atoms with E-state index in [1.54, 1.807) is 17.5 Å². The van der Waals surface area contributed by atoms with Crippen LogP contribution in [0.25, 0.3) is 11.7 Å². The zero-order chi connectivity index (χ0) is 21.8. The number of aliphatic carboxylic acids is 1. The maximum absolute atomic E-state index is 13.2. The van der Waals surface area contributed by atoms with Crippen molar-refractivity contribution in [3.8, 4) is 0 Å². The number of thiophene rings is 1. The normalized spacial score (nSPS) is 14.5. The summed E-state index contributed by atoms with van der Waals surface area (Å²) in [7, 11) is 0. The topological polar surface area (TPSA) is 84.1 Å². The largest absolute Gasteiger partial charge is 0.478 e. The van der Waals surface area contributed by atoms with Gasteiger partial charge in [-0.05, 0) is 60.0 Å². The van der Waals surface area contributed by atoms with Gasteiger partial charge < -0.3 is 14.7 Å². The van der Waals surface area contributed by atoms with Gasteiger partial charge in [-0.2, -0.15) is 0 Å². The lowest BCUT2D eigenvalue weighted by molar-refractivity contribution is -0.131. The molecular weight excluding hydrogens is 414 g/mol. The fourth-order valence-electron chi connectivity index (χ4n) is 3.66. The molecule has 0 aromatic carbocycles. The smallest absolute Gasteiger partial charge is 0.328 e. The van der Waals surface area contributed by atoms with Crippen LogP contribution in [0, 0.1) is 0 Å². The van der Waals surface area contributed by atoms with E-state index in [9.17, 15) is 9.59 Å². The third kappa shape index (κ3) is 4.86. The van der Waals surface area contributed by atoms with Gasteiger partial charge in [-0.25, -0.2) is 9.78 Å². The van der Waals surface area contributed by atoms with E-state index in [-0.39, 0.29) is 11.1 Å². The van der Waals surface area contributed by atoms with Gasteiger partial charge in [-0.3, -0.25) is 9.20 Å². The van der Waals surface area contributed by atoms with Crippen LogP contribution >= 0.6 is 11.3 Å². The van der Waals surface area contributed by atoms with Crippen molar-refractivity contribution in [2.24, 2.45) is 0 Å². The zero-order valence-electron chi connectivity index (χ0n) is 17.4. The van der Waals surface area contributed by atoms with Gasteiger partial charge >= 0.3 is 5.97 Å². The lowest BCUT2D eigenvalue weighted by Crippen LogP contribution is -2.38. The third-order valence-electron chi connectivity index (χ3n) is 5.39. The maximum Gasteiger partial charge on any atom is 0.328 e. The quantitative estimate of drug-likeness (QED) is 0.570. The second kappa shape index (κ2) is 9.45. The minimum absolute atomic E-state index is 0.276. The predicted molar refractivity (Wildman–Crippen MR) is 122 cm³/mol. The Morgan fingerprint density at radius 1 is 1.26 bits per heavy atom. The van der Waals surface area contributed by atoms with Crippen LogP contribution in [0.4, 0.5) is 5.82 Å². The molecule has 1 N–H and O–H groups in total. The number of hydrogen-bond donors (Lipinski definition) is 1. The SMILES string of the molecule is CCc1csc(CCc2ccn3c(=O)c(/C=C/C(=O)O)c(N4CCOCC4)nc3c2)c1. The number of anilines is 1. The summed E-state index contributed by atoms with van der Waals surface area (Å²) in [5, 5.41) is 11.2. The van der Waals surface area contributed by atoms with Crippen LogP contribution in [-0.4, -0.2) is 46.8 Å². The molecule has 0 spiro atoms. The van der Waals surface area contributed by atoms with E-state index >= 15 is 0 Å². The number of carboxylic acid groups (broad SMARTS) is 1. The number of pyridine rings is 1. The van der Waals surface area contributed by atoms with Gasteiger partial charge in [0.1, 0.15) is 11.5 Å². The number of ether oxygens (including phenoxy) is 1. The molecule has 0 radical (unpaired) electrons. The summed E-state index contributed by atoms with van der Waals surface area (Å²) >= 11 is 1.79. The number of carbonyl (C=O) groups is 1. The fourth-order valence-corrected chi connectivity index (χ4v) is 4.64. The molecule has 1 fully saturated rings. The van der Waals surface area contributed by atoms with Gasteiger partial charge in [0, 0.05) is 30.2 Å². The second-order valence-corrected chi connectivity index (χ2v) is 8.46. The van der Waals surface area contributed by atoms with Crippen molar-refractivity contribution in [2.45, 2.75) is 26.2 Å². The summed E-state index contributed by atoms with van der Waals surface area (Å²) < 4.78 is 6.90. The van der Waals surface area contributed by atoms with E-state index in [1.165, 1.54) is 20.9 Å². The van der Waals surface area contributed by atoms with Gasteiger partial charge in [0.2, 0.25) is 0 Å². The average Bonchev–Trinajstić information content (AvgIpc) is 3.25. The van der Waals surface area contributed by atoms with E-state index in [2.05, 4.69) is 18.4 Å². The Morgan fingerprint density at radius 3 is 2.77 bits per heavy atom. The highest BCUT2D eigenvalue weighted by Crippen LogP contribution is 2.21. The number of rotatable bonds is 7. The second-order valence-electron chi connectivity index (χ2n) is 7.46. The number of hydrogen-bond acceptors (Lipinski definition) is 6. The summed E-state index contributed by atoms with van der Waals surface area (Å²) in [6, 6.07) is 6.14. The fraction of sp³-hybridized carbons (Fsp3) is 0.348. The predicted octanol–water partition coefficient (Wildman–Crippen LogP) is 3.04. The molecule has 0 amide bonds. The molecular formula is C23H25N3O4S. The highest BCUT2D eigenvalue weighted by molar-refractivity contribution is 7.10. The molecule has 4 rings (SSSR count). The van der Waals surface area contributed by atoms with Gasteiger partial charge in [0.15, 0.2) is 0 Å². The standard InChI is InChI=1S/C23H25N3O4S/c1-2-16-13-18(31-15-16)4-3-17-7-8-26-20(14-17)24-22(25-9-11-30-12-10-25)19(23(26)29)5-6-21(27)28/h5-8,13-15H,2-4,9-12H2,1H3,(H,27,28)/b6-5+. The van der Waals surface area contributed by atoms with Crippen LogP contribution in [0.15, 0.2) is 40.6 Å². The zero-order valence-corrected chi connectivity index (χ0v) is 18.2. The average molecular weight is 440 g/mol. The lowest BCUT2D eigenvalue weighted by atomic mass is 10.1. The lowest BCUT2D eigenvalue weighted by Gasteiger charge is -2.29. The molecule has 0 atom stereocenters. The number of aryl methyl sites for hydroxylation is 3. The van der Waals surface area contributed by atoms with Crippen molar-refractivity contribution in [1.82, 2.24) is 9.38 Å². The first-order valence-corrected chi connectivity index (χ1v) is 11.3. The van der Waals surface area contributed by atoms with Crippen molar-refractivity contribution >= 4 is 34.8 Å². The highest BCUT2D eigenvalue weighted by atomic mass is 32.1. The molecule has 1 aliphatic rings. The van der Waals surface area contributed by atoms with E-state index in [1.807, 2.05) is 17.0 Å². The van der Waals surface area contributed by atoms with Gasteiger partial charge in [0.05, 0.1) is 18.8 Å². The Labute approximate surface area is 184 Å². The Kier molecular flexibility index (Phi) is 6.48. The summed E-state index contributed by atoms with van der Waals surface area (Å²) in [6.07, 6.45) is 6.90. The number of aromatic nitrogens is 2. The molecule has 8 heteroatoms. The maximum atomic E-state index is 13.2. The van der Waals surface area contributed by atoms with Gasteiger partial charge in [0.25, 0.3) is 5.56 Å². The Bertz CT molecular complexity index is 1180. The Morgan fingerprint density at radius 2 is 2.06 bits per heavy atom. The van der Waals surface area contributed by atoms with Crippen molar-refractivity contribution in [2.75, 3.05) is 31.2 Å². The molecule has 3 aromatic rings. The molecule has 0 saturated carbocycles. The van der Waals surface area contributed by atoms with Gasteiger partial charge in [-0.15, -0.1) is 11.3 Å². The van der Waals surface area contributed by atoms with Crippen LogP contribution < -0.4 is 10.5 Å². The first kappa shape index (κ1) is 21.3. The molecule has 4 heterocycles.